The number of carbonyl (C=O) groups is 1. The number of anilines is 4. The van der Waals surface area contributed by atoms with Gasteiger partial charge in [-0.05, 0) is 73.1 Å². The summed E-state index contributed by atoms with van der Waals surface area (Å²) < 4.78 is 9.12. The Balaban J connectivity index is 1.05. The number of hydrogen-bond acceptors (Lipinski definition) is 9. The molecule has 12 heteroatoms. The highest BCUT2D eigenvalue weighted by Crippen LogP contribution is 2.42. The first-order valence-electron chi connectivity index (χ1n) is 17.7. The summed E-state index contributed by atoms with van der Waals surface area (Å²) in [7, 11) is 1.70. The van der Waals surface area contributed by atoms with E-state index >= 15 is 0 Å². The fourth-order valence-electron chi connectivity index (χ4n) is 8.44. The van der Waals surface area contributed by atoms with Crippen molar-refractivity contribution in [3.05, 3.63) is 81.3 Å². The van der Waals surface area contributed by atoms with Gasteiger partial charge in [0.15, 0.2) is 0 Å². The average molecular weight is 679 g/mol. The summed E-state index contributed by atoms with van der Waals surface area (Å²) in [6.07, 6.45) is 7.20. The number of aromatic nitrogens is 4. The van der Waals surface area contributed by atoms with E-state index in [2.05, 4.69) is 57.3 Å². The molecule has 262 valence electrons. The molecule has 0 saturated carbocycles. The van der Waals surface area contributed by atoms with Crippen LogP contribution >= 0.6 is 0 Å². The van der Waals surface area contributed by atoms with E-state index in [-0.39, 0.29) is 23.5 Å². The number of pyridine rings is 3. The summed E-state index contributed by atoms with van der Waals surface area (Å²) in [5.41, 5.74) is 7.71. The second-order valence-electron chi connectivity index (χ2n) is 15.2. The Hall–Kier alpha value is -4.52. The van der Waals surface area contributed by atoms with Gasteiger partial charge in [0.25, 0.3) is 11.5 Å². The number of nitrogens with one attached hydrogen (secondary N) is 1. The number of aliphatic hydroxyl groups is 1. The molecule has 1 amide bonds. The number of amides is 1. The number of carbonyl (C=O) groups excluding carboxylic acids is 1. The van der Waals surface area contributed by atoms with Crippen LogP contribution in [-0.4, -0.2) is 86.5 Å². The first-order chi connectivity index (χ1) is 24.0. The molecule has 0 unspecified atom stereocenters. The highest BCUT2D eigenvalue weighted by molar-refractivity contribution is 6.07. The van der Waals surface area contributed by atoms with Gasteiger partial charge in [-0.15, -0.1) is 0 Å². The van der Waals surface area contributed by atoms with Crippen molar-refractivity contribution in [2.45, 2.75) is 65.8 Å². The molecular weight excluding hydrogens is 632 g/mol. The molecule has 0 spiro atoms. The van der Waals surface area contributed by atoms with E-state index in [0.29, 0.717) is 59.2 Å². The van der Waals surface area contributed by atoms with Gasteiger partial charge >= 0.3 is 0 Å². The molecule has 1 atom stereocenters. The summed E-state index contributed by atoms with van der Waals surface area (Å²) in [5.74, 6) is 0.909. The van der Waals surface area contributed by atoms with E-state index in [1.807, 2.05) is 24.4 Å². The third kappa shape index (κ3) is 5.50. The second-order valence-corrected chi connectivity index (χ2v) is 15.2. The number of piperazine rings is 1. The summed E-state index contributed by atoms with van der Waals surface area (Å²) >= 11 is 0. The summed E-state index contributed by atoms with van der Waals surface area (Å²) in [6, 6.07) is 8.44. The molecule has 7 heterocycles. The quantitative estimate of drug-likeness (QED) is 0.300. The van der Waals surface area contributed by atoms with Crippen LogP contribution in [0.5, 0.6) is 0 Å². The van der Waals surface area contributed by atoms with Crippen LogP contribution in [0.1, 0.15) is 53.6 Å². The van der Waals surface area contributed by atoms with E-state index < -0.39 is 0 Å². The van der Waals surface area contributed by atoms with Gasteiger partial charge in [-0.25, -0.2) is 9.97 Å². The largest absolute Gasteiger partial charge is 0.392 e. The monoisotopic (exact) mass is 678 g/mol. The van der Waals surface area contributed by atoms with Gasteiger partial charge in [-0.2, -0.15) is 0 Å². The van der Waals surface area contributed by atoms with E-state index in [4.69, 9.17) is 4.74 Å². The zero-order valence-electron chi connectivity index (χ0n) is 29.6. The van der Waals surface area contributed by atoms with Crippen molar-refractivity contribution in [1.82, 2.24) is 24.0 Å². The summed E-state index contributed by atoms with van der Waals surface area (Å²) in [5, 5.41) is 14.0. The molecule has 4 aromatic heterocycles. The minimum atomic E-state index is -0.317. The lowest BCUT2D eigenvalue weighted by atomic mass is 9.89. The van der Waals surface area contributed by atoms with Crippen molar-refractivity contribution in [2.75, 3.05) is 54.5 Å². The number of fused-ring (bicyclic) bond motifs is 3. The topological polar surface area (TPSA) is 121 Å². The molecule has 4 aromatic rings. The summed E-state index contributed by atoms with van der Waals surface area (Å²) in [4.78, 5) is 43.3. The average Bonchev–Trinajstić information content (AvgIpc) is 3.53. The molecule has 2 N–H and O–H groups in total. The van der Waals surface area contributed by atoms with Crippen LogP contribution in [0.3, 0.4) is 0 Å². The zero-order valence-corrected chi connectivity index (χ0v) is 29.6. The Morgan fingerprint density at radius 2 is 1.88 bits per heavy atom. The molecule has 4 aliphatic rings. The van der Waals surface area contributed by atoms with Crippen LogP contribution in [0.15, 0.2) is 47.7 Å². The van der Waals surface area contributed by atoms with E-state index in [1.54, 1.807) is 30.4 Å². The van der Waals surface area contributed by atoms with Crippen LogP contribution in [0, 0.1) is 12.3 Å². The van der Waals surface area contributed by atoms with Gasteiger partial charge in [0.1, 0.15) is 23.0 Å². The maximum Gasteiger partial charge on any atom is 0.276 e. The Morgan fingerprint density at radius 3 is 2.58 bits per heavy atom. The number of ether oxygens (including phenoxy) is 1. The van der Waals surface area contributed by atoms with Gasteiger partial charge < -0.3 is 29.2 Å². The third-order valence-corrected chi connectivity index (χ3v) is 11.1. The van der Waals surface area contributed by atoms with Crippen molar-refractivity contribution in [3.8, 4) is 11.1 Å². The number of aliphatic hydroxyl groups excluding tert-OH is 1. The third-order valence-electron chi connectivity index (χ3n) is 11.1. The van der Waals surface area contributed by atoms with Crippen LogP contribution in [-0.2, 0) is 37.8 Å². The first-order valence-corrected chi connectivity index (χ1v) is 17.7. The smallest absolute Gasteiger partial charge is 0.276 e. The molecule has 3 aliphatic heterocycles. The van der Waals surface area contributed by atoms with Crippen molar-refractivity contribution >= 4 is 28.9 Å². The van der Waals surface area contributed by atoms with Crippen LogP contribution in [0.2, 0.25) is 0 Å². The predicted octanol–water partition coefficient (Wildman–Crippen LogP) is 3.88. The van der Waals surface area contributed by atoms with Crippen LogP contribution in [0.25, 0.3) is 11.1 Å². The molecule has 2 saturated heterocycles. The standard InChI is InChI=1S/C38H46N8O4/c1-23-18-43(27-21-50-22-27)10-11-44(23)26-6-7-33(40-17-26)41-31-14-25(19-42(5)36(31)48)28-8-9-39-35(30(28)20-47)46-13-12-45-32-16-38(3,4)15-29(32)24(2)34(45)37(46)49/h6-9,14,17,19,23,27,47H,10-13,15-16,18,20-22H2,1-5H3,(H,40,41)/t23-/m0/s1. The molecular formula is C38H46N8O4. The van der Waals surface area contributed by atoms with E-state index in [1.165, 1.54) is 15.8 Å². The van der Waals surface area contributed by atoms with Gasteiger partial charge in [0, 0.05) is 75.0 Å². The van der Waals surface area contributed by atoms with Crippen molar-refractivity contribution < 1.29 is 14.6 Å². The maximum absolute atomic E-state index is 14.1. The maximum atomic E-state index is 14.1. The Morgan fingerprint density at radius 1 is 1.06 bits per heavy atom. The number of aryl methyl sites for hydroxylation is 1. The van der Waals surface area contributed by atoms with Gasteiger partial charge in [-0.3, -0.25) is 19.4 Å². The number of nitrogens with zero attached hydrogens (tertiary/aromatic N) is 7. The van der Waals surface area contributed by atoms with Crippen LogP contribution < -0.4 is 20.7 Å². The molecule has 8 rings (SSSR count). The fraction of sp³-hybridized carbons (Fsp3) is 0.474. The Bertz CT molecular complexity index is 2030. The Labute approximate surface area is 292 Å². The Kier molecular flexibility index (Phi) is 8.08. The zero-order chi connectivity index (χ0) is 34.9. The van der Waals surface area contributed by atoms with Gasteiger partial charge in [0.2, 0.25) is 0 Å². The molecule has 1 aliphatic carbocycles. The molecule has 0 radical (unpaired) electrons. The van der Waals surface area contributed by atoms with Crippen molar-refractivity contribution in [1.29, 1.82) is 0 Å². The van der Waals surface area contributed by atoms with Crippen molar-refractivity contribution in [2.24, 2.45) is 12.5 Å². The van der Waals surface area contributed by atoms with E-state index in [0.717, 1.165) is 62.6 Å². The second kappa shape index (κ2) is 12.4. The molecule has 0 bridgehead atoms. The van der Waals surface area contributed by atoms with Crippen molar-refractivity contribution in [3.63, 3.8) is 0 Å². The molecule has 2 fully saturated rings. The first kappa shape index (κ1) is 32.7. The summed E-state index contributed by atoms with van der Waals surface area (Å²) in [6.45, 7) is 14.2. The highest BCUT2D eigenvalue weighted by Gasteiger charge is 2.40. The fourth-order valence-corrected chi connectivity index (χ4v) is 8.44. The molecule has 12 nitrogen and oxygen atoms in total. The lowest BCUT2D eigenvalue weighted by Crippen LogP contribution is -2.59. The lowest BCUT2D eigenvalue weighted by Gasteiger charge is -2.46. The molecule has 0 aromatic carbocycles. The van der Waals surface area contributed by atoms with E-state index in [9.17, 15) is 14.7 Å². The normalized spacial score (nSPS) is 20.5. The van der Waals surface area contributed by atoms with Gasteiger partial charge in [-0.1, -0.05) is 13.8 Å². The number of hydrogen-bond donors (Lipinski definition) is 2. The minimum Gasteiger partial charge on any atom is -0.392 e. The molecule has 50 heavy (non-hydrogen) atoms. The minimum absolute atomic E-state index is 0.0955. The number of rotatable bonds is 7. The predicted molar refractivity (Wildman–Crippen MR) is 193 cm³/mol. The highest BCUT2D eigenvalue weighted by atomic mass is 16.5. The van der Waals surface area contributed by atoms with Crippen LogP contribution in [0.4, 0.5) is 23.0 Å². The lowest BCUT2D eigenvalue weighted by molar-refractivity contribution is -0.0691. The van der Waals surface area contributed by atoms with Gasteiger partial charge in [0.05, 0.1) is 37.7 Å². The SMILES string of the molecule is Cc1c2c(n3c1C(=O)N(c1nccc(-c4cc(Nc5ccc(N6CCN(C7COC7)C[C@@H]6C)cn5)c(=O)n(C)c4)c1CO)CC3)CC(C)(C)C2.